The number of carbonyl (C=O) groups excluding carboxylic acids is 1. The molecular weight excluding hydrogens is 421 g/mol. The van der Waals surface area contributed by atoms with E-state index in [4.69, 9.17) is 4.74 Å². The van der Waals surface area contributed by atoms with Crippen molar-refractivity contribution in [3.8, 4) is 5.75 Å². The number of nitrogens with zero attached hydrogens (tertiary/aromatic N) is 2. The normalized spacial score (nSPS) is 17.5. The van der Waals surface area contributed by atoms with Gasteiger partial charge in [0.15, 0.2) is 0 Å². The van der Waals surface area contributed by atoms with Crippen LogP contribution in [0.2, 0.25) is 0 Å². The van der Waals surface area contributed by atoms with Gasteiger partial charge in [-0.25, -0.2) is 0 Å². The van der Waals surface area contributed by atoms with Crippen LogP contribution < -0.4 is 0 Å². The lowest BCUT2D eigenvalue weighted by Crippen LogP contribution is -2.49. The van der Waals surface area contributed by atoms with Crippen molar-refractivity contribution < 1.29 is 27.8 Å². The SMILES string of the molecule is CC(C)CN(CC1CN(Cc2ccccc2O)CCO1)C(=O)c1ccc(C(F)(F)F)cc1. The van der Waals surface area contributed by atoms with Gasteiger partial charge in [0.25, 0.3) is 5.91 Å². The maximum atomic E-state index is 13.1. The quantitative estimate of drug-likeness (QED) is 0.679. The molecule has 5 nitrogen and oxygen atoms in total. The number of hydrogen-bond donors (Lipinski definition) is 1. The van der Waals surface area contributed by atoms with Gasteiger partial charge in [-0.05, 0) is 36.2 Å². The Morgan fingerprint density at radius 1 is 1.19 bits per heavy atom. The number of para-hydroxylation sites is 1. The van der Waals surface area contributed by atoms with Crippen LogP contribution in [0.3, 0.4) is 0 Å². The summed E-state index contributed by atoms with van der Waals surface area (Å²) >= 11 is 0. The molecule has 2 aromatic carbocycles. The molecule has 0 saturated carbocycles. The Bertz CT molecular complexity index is 900. The largest absolute Gasteiger partial charge is 0.508 e. The van der Waals surface area contributed by atoms with Crippen LogP contribution in [0.5, 0.6) is 5.75 Å². The van der Waals surface area contributed by atoms with Crippen LogP contribution in [-0.2, 0) is 17.5 Å². The maximum Gasteiger partial charge on any atom is 0.416 e. The third-order valence-electron chi connectivity index (χ3n) is 5.36. The summed E-state index contributed by atoms with van der Waals surface area (Å²) < 4.78 is 44.4. The van der Waals surface area contributed by atoms with E-state index in [2.05, 4.69) is 4.90 Å². The average molecular weight is 451 g/mol. The molecule has 32 heavy (non-hydrogen) atoms. The van der Waals surface area contributed by atoms with Gasteiger partial charge in [0.1, 0.15) is 5.75 Å². The molecule has 2 aromatic rings. The minimum atomic E-state index is -4.44. The van der Waals surface area contributed by atoms with Gasteiger partial charge in [-0.3, -0.25) is 9.69 Å². The van der Waals surface area contributed by atoms with Gasteiger partial charge in [-0.15, -0.1) is 0 Å². The molecule has 1 atom stereocenters. The zero-order chi connectivity index (χ0) is 23.3. The van der Waals surface area contributed by atoms with Crippen molar-refractivity contribution in [2.24, 2.45) is 5.92 Å². The Morgan fingerprint density at radius 2 is 1.88 bits per heavy atom. The molecule has 8 heteroatoms. The van der Waals surface area contributed by atoms with E-state index in [0.717, 1.165) is 17.7 Å². The van der Waals surface area contributed by atoms with Crippen molar-refractivity contribution in [2.75, 3.05) is 32.8 Å². The summed E-state index contributed by atoms with van der Waals surface area (Å²) in [6, 6.07) is 11.5. The highest BCUT2D eigenvalue weighted by Gasteiger charge is 2.31. The van der Waals surface area contributed by atoms with Crippen LogP contribution >= 0.6 is 0 Å². The number of rotatable bonds is 7. The average Bonchev–Trinajstić information content (AvgIpc) is 2.74. The summed E-state index contributed by atoms with van der Waals surface area (Å²) in [6.45, 7) is 7.16. The zero-order valence-electron chi connectivity index (χ0n) is 18.3. The first kappa shape index (κ1) is 24.1. The number of ether oxygens (including phenoxy) is 1. The van der Waals surface area contributed by atoms with Crippen LogP contribution in [0.1, 0.15) is 35.3 Å². The van der Waals surface area contributed by atoms with E-state index < -0.39 is 11.7 Å². The minimum Gasteiger partial charge on any atom is -0.508 e. The van der Waals surface area contributed by atoms with Crippen molar-refractivity contribution >= 4 is 5.91 Å². The molecule has 1 aliphatic rings. The molecule has 174 valence electrons. The molecule has 3 rings (SSSR count). The van der Waals surface area contributed by atoms with Gasteiger partial charge in [0, 0.05) is 43.9 Å². The summed E-state index contributed by atoms with van der Waals surface area (Å²) in [5, 5.41) is 10.0. The molecule has 0 radical (unpaired) electrons. The zero-order valence-corrected chi connectivity index (χ0v) is 18.3. The fraction of sp³-hybridized carbons (Fsp3) is 0.458. The number of carbonyl (C=O) groups is 1. The standard InChI is InChI=1S/C24H29F3N2O3/c1-17(2)13-29(23(31)18-7-9-20(10-8-18)24(25,26)27)16-21-15-28(11-12-32-21)14-19-5-3-4-6-22(19)30/h3-10,17,21,30H,11-16H2,1-2H3. The van der Waals surface area contributed by atoms with E-state index in [-0.39, 0.29) is 29.2 Å². The number of hydrogen-bond acceptors (Lipinski definition) is 4. The van der Waals surface area contributed by atoms with Crippen molar-refractivity contribution in [2.45, 2.75) is 32.7 Å². The number of phenols is 1. The van der Waals surface area contributed by atoms with Gasteiger partial charge < -0.3 is 14.7 Å². The highest BCUT2D eigenvalue weighted by Crippen LogP contribution is 2.29. The molecular formula is C24H29F3N2O3. The van der Waals surface area contributed by atoms with Crippen LogP contribution in [0, 0.1) is 5.92 Å². The molecule has 0 bridgehead atoms. The monoisotopic (exact) mass is 450 g/mol. The van der Waals surface area contributed by atoms with E-state index in [1.807, 2.05) is 26.0 Å². The number of benzene rings is 2. The fourth-order valence-corrected chi connectivity index (χ4v) is 3.83. The van der Waals surface area contributed by atoms with Crippen molar-refractivity contribution in [1.29, 1.82) is 0 Å². The third-order valence-corrected chi connectivity index (χ3v) is 5.36. The molecule has 0 aliphatic carbocycles. The minimum absolute atomic E-state index is 0.189. The van der Waals surface area contributed by atoms with Gasteiger partial charge in [0.2, 0.25) is 0 Å². The Labute approximate surface area is 186 Å². The first-order chi connectivity index (χ1) is 15.1. The molecule has 1 fully saturated rings. The summed E-state index contributed by atoms with van der Waals surface area (Å²) in [7, 11) is 0. The predicted octanol–water partition coefficient (Wildman–Crippen LogP) is 4.41. The number of phenolic OH excluding ortho intramolecular Hbond substituents is 1. The van der Waals surface area contributed by atoms with Crippen LogP contribution in [0.25, 0.3) is 0 Å². The smallest absolute Gasteiger partial charge is 0.416 e. The molecule has 1 unspecified atom stereocenters. The molecule has 0 aromatic heterocycles. The second kappa shape index (κ2) is 10.4. The van der Waals surface area contributed by atoms with Gasteiger partial charge in [-0.1, -0.05) is 32.0 Å². The molecule has 1 heterocycles. The predicted molar refractivity (Wildman–Crippen MR) is 115 cm³/mol. The van der Waals surface area contributed by atoms with Gasteiger partial charge in [-0.2, -0.15) is 13.2 Å². The van der Waals surface area contributed by atoms with E-state index in [9.17, 15) is 23.1 Å². The Hall–Kier alpha value is -2.58. The van der Waals surface area contributed by atoms with Crippen LogP contribution in [0.15, 0.2) is 48.5 Å². The van der Waals surface area contributed by atoms with E-state index >= 15 is 0 Å². The molecule has 1 aliphatic heterocycles. The summed E-state index contributed by atoms with van der Waals surface area (Å²) in [4.78, 5) is 16.9. The Morgan fingerprint density at radius 3 is 2.50 bits per heavy atom. The molecule has 1 N–H and O–H groups in total. The first-order valence-electron chi connectivity index (χ1n) is 10.7. The molecule has 0 spiro atoms. The van der Waals surface area contributed by atoms with Gasteiger partial charge in [0.05, 0.1) is 18.3 Å². The number of halogens is 3. The summed E-state index contributed by atoms with van der Waals surface area (Å²) in [5.74, 6) is 0.123. The maximum absolute atomic E-state index is 13.1. The lowest BCUT2D eigenvalue weighted by Gasteiger charge is -2.36. The fourth-order valence-electron chi connectivity index (χ4n) is 3.83. The van der Waals surface area contributed by atoms with Crippen molar-refractivity contribution in [1.82, 2.24) is 9.80 Å². The number of morpholine rings is 1. The Kier molecular flexibility index (Phi) is 7.79. The first-order valence-corrected chi connectivity index (χ1v) is 10.7. The number of aromatic hydroxyl groups is 1. The van der Waals surface area contributed by atoms with E-state index in [1.165, 1.54) is 12.1 Å². The van der Waals surface area contributed by atoms with Crippen molar-refractivity contribution in [3.05, 3.63) is 65.2 Å². The summed E-state index contributed by atoms with van der Waals surface area (Å²) in [5.41, 5.74) is 0.272. The lowest BCUT2D eigenvalue weighted by molar-refractivity contribution is -0.137. The second-order valence-electron chi connectivity index (χ2n) is 8.54. The number of alkyl halides is 3. The second-order valence-corrected chi connectivity index (χ2v) is 8.54. The topological polar surface area (TPSA) is 53.0 Å². The highest BCUT2D eigenvalue weighted by molar-refractivity contribution is 5.94. The van der Waals surface area contributed by atoms with Crippen molar-refractivity contribution in [3.63, 3.8) is 0 Å². The molecule has 1 amide bonds. The van der Waals surface area contributed by atoms with Crippen LogP contribution in [0.4, 0.5) is 13.2 Å². The van der Waals surface area contributed by atoms with Crippen LogP contribution in [-0.4, -0.2) is 59.7 Å². The van der Waals surface area contributed by atoms with E-state index in [0.29, 0.717) is 39.3 Å². The lowest BCUT2D eigenvalue weighted by atomic mass is 10.1. The van der Waals surface area contributed by atoms with Gasteiger partial charge >= 0.3 is 6.18 Å². The van der Waals surface area contributed by atoms with E-state index in [1.54, 1.807) is 17.0 Å². The molecule has 1 saturated heterocycles. The third kappa shape index (κ3) is 6.46. The summed E-state index contributed by atoms with van der Waals surface area (Å²) in [6.07, 6.45) is -4.67. The number of amides is 1. The Balaban J connectivity index is 1.68. The highest BCUT2D eigenvalue weighted by atomic mass is 19.4.